The Balaban J connectivity index is 2.93. The lowest BCUT2D eigenvalue weighted by Crippen LogP contribution is -2.33. The van der Waals surface area contributed by atoms with Crippen molar-refractivity contribution in [2.24, 2.45) is 5.73 Å². The van der Waals surface area contributed by atoms with Crippen LogP contribution < -0.4 is 10.6 Å². The van der Waals surface area contributed by atoms with Crippen LogP contribution in [-0.2, 0) is 11.2 Å². The van der Waals surface area contributed by atoms with Crippen LogP contribution in [0.15, 0.2) is 18.2 Å². The summed E-state index contributed by atoms with van der Waals surface area (Å²) < 4.78 is 5.06. The lowest BCUT2D eigenvalue weighted by atomic mass is 9.98. The maximum atomic E-state index is 10.8. The van der Waals surface area contributed by atoms with Crippen molar-refractivity contribution in [2.75, 3.05) is 19.0 Å². The molecule has 0 heterocycles. The molecule has 4 nitrogen and oxygen atoms in total. The zero-order valence-corrected chi connectivity index (χ0v) is 11.9. The molecule has 0 radical (unpaired) electrons. The van der Waals surface area contributed by atoms with Gasteiger partial charge in [0.25, 0.3) is 0 Å². The van der Waals surface area contributed by atoms with E-state index < -0.39 is 11.7 Å². The summed E-state index contributed by atoms with van der Waals surface area (Å²) in [5, 5.41) is 0.658. The third kappa shape index (κ3) is 4.45. The molecule has 1 aromatic rings. The number of nitrogens with two attached hydrogens (primary N) is 1. The predicted octanol–water partition coefficient (Wildman–Crippen LogP) is 2.82. The fourth-order valence-electron chi connectivity index (χ4n) is 1.79. The number of nitrogens with zero attached hydrogens (tertiary/aromatic N) is 1. The maximum Gasteiger partial charge on any atom is 0.405 e. The number of anilines is 1. The van der Waals surface area contributed by atoms with Gasteiger partial charge in [-0.05, 0) is 37.6 Å². The number of benzene rings is 1. The van der Waals surface area contributed by atoms with Gasteiger partial charge in [0.15, 0.2) is 0 Å². The van der Waals surface area contributed by atoms with Crippen molar-refractivity contribution >= 4 is 23.4 Å². The average molecular weight is 271 g/mol. The molecular formula is C13H19ClN2O2. The zero-order chi connectivity index (χ0) is 13.9. The Hall–Kier alpha value is -1.42. The zero-order valence-electron chi connectivity index (χ0n) is 11.2. The van der Waals surface area contributed by atoms with E-state index in [1.165, 1.54) is 0 Å². The monoisotopic (exact) mass is 270 g/mol. The van der Waals surface area contributed by atoms with Gasteiger partial charge in [-0.1, -0.05) is 11.6 Å². The summed E-state index contributed by atoms with van der Waals surface area (Å²) in [6.45, 7) is 3.63. The minimum atomic E-state index is -0.769. The van der Waals surface area contributed by atoms with Crippen LogP contribution in [-0.4, -0.2) is 25.8 Å². The molecular weight excluding hydrogens is 252 g/mol. The molecule has 5 heteroatoms. The molecule has 1 aromatic carbocycles. The van der Waals surface area contributed by atoms with Crippen LogP contribution in [0.3, 0.4) is 0 Å². The molecule has 0 aliphatic carbocycles. The standard InChI is InChI=1S/C13H19ClN2O2/c1-13(2,18-12(15)17)8-9-5-10(14)7-11(6-9)16(3)4/h5-7H,8H2,1-4H3,(H2,15,17). The average Bonchev–Trinajstić information content (AvgIpc) is 2.12. The number of amides is 1. The Morgan fingerprint density at radius 2 is 2.00 bits per heavy atom. The first-order chi connectivity index (χ1) is 8.19. The second-order valence-corrected chi connectivity index (χ2v) is 5.51. The van der Waals surface area contributed by atoms with Gasteiger partial charge in [0, 0.05) is 31.2 Å². The Morgan fingerprint density at radius 3 is 2.50 bits per heavy atom. The number of primary amides is 1. The summed E-state index contributed by atoms with van der Waals surface area (Å²) >= 11 is 6.07. The number of carbonyl (C=O) groups is 1. The van der Waals surface area contributed by atoms with E-state index >= 15 is 0 Å². The first-order valence-corrected chi connectivity index (χ1v) is 6.03. The van der Waals surface area contributed by atoms with Gasteiger partial charge in [-0.15, -0.1) is 0 Å². The van der Waals surface area contributed by atoms with Crippen LogP contribution in [0.4, 0.5) is 10.5 Å². The molecule has 0 spiro atoms. The molecule has 0 saturated heterocycles. The molecule has 0 bridgehead atoms. The van der Waals surface area contributed by atoms with Crippen LogP contribution in [0.5, 0.6) is 0 Å². The Kier molecular flexibility index (Phi) is 4.46. The van der Waals surface area contributed by atoms with Crippen LogP contribution in [0.25, 0.3) is 0 Å². The molecule has 0 aliphatic rings. The van der Waals surface area contributed by atoms with Gasteiger partial charge >= 0.3 is 6.09 Å². The Morgan fingerprint density at radius 1 is 1.39 bits per heavy atom. The number of halogens is 1. The summed E-state index contributed by atoms with van der Waals surface area (Å²) in [6.07, 6.45) is -0.216. The SMILES string of the molecule is CN(C)c1cc(Cl)cc(CC(C)(C)OC(N)=O)c1. The van der Waals surface area contributed by atoms with Gasteiger partial charge in [-0.3, -0.25) is 0 Å². The summed E-state index contributed by atoms with van der Waals surface area (Å²) in [5.74, 6) is 0. The van der Waals surface area contributed by atoms with Crippen molar-refractivity contribution < 1.29 is 9.53 Å². The van der Waals surface area contributed by atoms with Crippen molar-refractivity contribution in [1.82, 2.24) is 0 Å². The number of rotatable bonds is 4. The van der Waals surface area contributed by atoms with E-state index in [2.05, 4.69) is 0 Å². The molecule has 1 amide bonds. The third-order valence-corrected chi connectivity index (χ3v) is 2.68. The number of hydrogen-bond donors (Lipinski definition) is 1. The number of carbonyl (C=O) groups excluding carboxylic acids is 1. The molecule has 0 aromatic heterocycles. The highest BCUT2D eigenvalue weighted by Crippen LogP contribution is 2.25. The van der Waals surface area contributed by atoms with Crippen LogP contribution >= 0.6 is 11.6 Å². The van der Waals surface area contributed by atoms with Gasteiger partial charge in [0.2, 0.25) is 0 Å². The van der Waals surface area contributed by atoms with Crippen molar-refractivity contribution in [1.29, 1.82) is 0 Å². The summed E-state index contributed by atoms with van der Waals surface area (Å²) in [7, 11) is 3.89. The fourth-order valence-corrected chi connectivity index (χ4v) is 2.05. The Labute approximate surface area is 113 Å². The highest BCUT2D eigenvalue weighted by Gasteiger charge is 2.22. The van der Waals surface area contributed by atoms with E-state index in [1.807, 2.05) is 51.0 Å². The van der Waals surface area contributed by atoms with Crippen LogP contribution in [0, 0.1) is 0 Å². The number of hydrogen-bond acceptors (Lipinski definition) is 3. The minimum absolute atomic E-state index is 0.553. The first kappa shape index (κ1) is 14.6. The van der Waals surface area contributed by atoms with Crippen molar-refractivity contribution in [3.8, 4) is 0 Å². The molecule has 0 fully saturated rings. The highest BCUT2D eigenvalue weighted by atomic mass is 35.5. The highest BCUT2D eigenvalue weighted by molar-refractivity contribution is 6.30. The quantitative estimate of drug-likeness (QED) is 0.915. The van der Waals surface area contributed by atoms with Gasteiger partial charge in [0.05, 0.1) is 0 Å². The molecule has 0 atom stereocenters. The number of ether oxygens (including phenoxy) is 1. The van der Waals surface area contributed by atoms with Gasteiger partial charge in [-0.25, -0.2) is 4.79 Å². The van der Waals surface area contributed by atoms with Gasteiger partial charge in [0.1, 0.15) is 5.60 Å². The predicted molar refractivity (Wildman–Crippen MR) is 74.2 cm³/mol. The van der Waals surface area contributed by atoms with Crippen molar-refractivity contribution in [3.05, 3.63) is 28.8 Å². The summed E-state index contributed by atoms with van der Waals surface area (Å²) in [5.41, 5.74) is 6.40. The second kappa shape index (κ2) is 5.48. The first-order valence-electron chi connectivity index (χ1n) is 5.65. The van der Waals surface area contributed by atoms with E-state index in [9.17, 15) is 4.79 Å². The molecule has 0 unspecified atom stereocenters. The molecule has 0 saturated carbocycles. The van der Waals surface area contributed by atoms with E-state index in [1.54, 1.807) is 0 Å². The van der Waals surface area contributed by atoms with Crippen molar-refractivity contribution in [3.63, 3.8) is 0 Å². The third-order valence-electron chi connectivity index (χ3n) is 2.47. The maximum absolute atomic E-state index is 10.8. The largest absolute Gasteiger partial charge is 0.443 e. The van der Waals surface area contributed by atoms with Gasteiger partial charge in [-0.2, -0.15) is 0 Å². The molecule has 0 aliphatic heterocycles. The smallest absolute Gasteiger partial charge is 0.405 e. The molecule has 100 valence electrons. The lowest BCUT2D eigenvalue weighted by Gasteiger charge is -2.25. The van der Waals surface area contributed by atoms with Crippen LogP contribution in [0.1, 0.15) is 19.4 Å². The lowest BCUT2D eigenvalue weighted by molar-refractivity contribution is 0.0460. The molecule has 2 N–H and O–H groups in total. The minimum Gasteiger partial charge on any atom is -0.443 e. The van der Waals surface area contributed by atoms with E-state index in [4.69, 9.17) is 22.1 Å². The molecule has 18 heavy (non-hydrogen) atoms. The summed E-state index contributed by atoms with van der Waals surface area (Å²) in [4.78, 5) is 12.8. The topological polar surface area (TPSA) is 55.6 Å². The van der Waals surface area contributed by atoms with E-state index in [0.29, 0.717) is 11.4 Å². The second-order valence-electron chi connectivity index (χ2n) is 5.07. The normalized spacial score (nSPS) is 11.2. The van der Waals surface area contributed by atoms with E-state index in [0.717, 1.165) is 11.3 Å². The van der Waals surface area contributed by atoms with E-state index in [-0.39, 0.29) is 0 Å². The van der Waals surface area contributed by atoms with Gasteiger partial charge < -0.3 is 15.4 Å². The fraction of sp³-hybridized carbons (Fsp3) is 0.462. The van der Waals surface area contributed by atoms with Crippen LogP contribution in [0.2, 0.25) is 5.02 Å². The molecule has 1 rings (SSSR count). The Bertz CT molecular complexity index is 445. The summed E-state index contributed by atoms with van der Waals surface area (Å²) in [6, 6.07) is 5.76. The van der Waals surface area contributed by atoms with Crippen molar-refractivity contribution in [2.45, 2.75) is 25.9 Å².